The summed E-state index contributed by atoms with van der Waals surface area (Å²) in [6.45, 7) is 3.25. The topological polar surface area (TPSA) is 45.0 Å². The Morgan fingerprint density at radius 1 is 1.56 bits per heavy atom. The summed E-state index contributed by atoms with van der Waals surface area (Å²) in [7, 11) is 0. The average molecular weight is 248 g/mol. The van der Waals surface area contributed by atoms with Crippen LogP contribution in [-0.4, -0.2) is 18.8 Å². The van der Waals surface area contributed by atoms with E-state index in [4.69, 9.17) is 10.00 Å². The van der Waals surface area contributed by atoms with Crippen LogP contribution in [0.15, 0.2) is 18.2 Å². The Kier molecular flexibility index (Phi) is 4.29. The number of rotatable bonds is 3. The lowest BCUT2D eigenvalue weighted by Gasteiger charge is -2.28. The van der Waals surface area contributed by atoms with E-state index in [1.54, 1.807) is 6.07 Å². The van der Waals surface area contributed by atoms with Gasteiger partial charge in [-0.3, -0.25) is 0 Å². The maximum Gasteiger partial charge on any atom is 0.127 e. The van der Waals surface area contributed by atoms with Crippen molar-refractivity contribution in [1.29, 1.82) is 5.26 Å². The number of hydrogen-bond acceptors (Lipinski definition) is 3. The second kappa shape index (κ2) is 5.94. The van der Waals surface area contributed by atoms with Crippen LogP contribution < -0.4 is 5.32 Å². The summed E-state index contributed by atoms with van der Waals surface area (Å²) in [5, 5.41) is 12.1. The first-order valence-electron chi connectivity index (χ1n) is 6.22. The van der Waals surface area contributed by atoms with Gasteiger partial charge in [-0.15, -0.1) is 0 Å². The SMILES string of the molecule is CC1CC(NCc2cc(C#N)ccc2F)CCO1. The molecule has 1 heterocycles. The van der Waals surface area contributed by atoms with E-state index in [1.165, 1.54) is 12.1 Å². The zero-order chi connectivity index (χ0) is 13.0. The Hall–Kier alpha value is -1.44. The predicted molar refractivity (Wildman–Crippen MR) is 66.4 cm³/mol. The third-order valence-corrected chi connectivity index (χ3v) is 3.24. The molecule has 2 rings (SSSR count). The van der Waals surface area contributed by atoms with Gasteiger partial charge in [-0.25, -0.2) is 4.39 Å². The van der Waals surface area contributed by atoms with Gasteiger partial charge < -0.3 is 10.1 Å². The highest BCUT2D eigenvalue weighted by atomic mass is 19.1. The normalized spacial score (nSPS) is 23.6. The quantitative estimate of drug-likeness (QED) is 0.893. The molecule has 4 heteroatoms. The Balaban J connectivity index is 1.95. The van der Waals surface area contributed by atoms with Crippen molar-refractivity contribution in [1.82, 2.24) is 5.32 Å². The molecule has 3 nitrogen and oxygen atoms in total. The van der Waals surface area contributed by atoms with E-state index in [9.17, 15) is 4.39 Å². The molecule has 1 aromatic rings. The number of hydrogen-bond donors (Lipinski definition) is 1. The lowest BCUT2D eigenvalue weighted by atomic mass is 10.0. The van der Waals surface area contributed by atoms with E-state index in [0.717, 1.165) is 19.4 Å². The summed E-state index contributed by atoms with van der Waals surface area (Å²) >= 11 is 0. The molecule has 1 fully saturated rings. The zero-order valence-corrected chi connectivity index (χ0v) is 10.4. The molecule has 0 spiro atoms. The Morgan fingerprint density at radius 2 is 2.39 bits per heavy atom. The van der Waals surface area contributed by atoms with Crippen LogP contribution in [0, 0.1) is 17.1 Å². The summed E-state index contributed by atoms with van der Waals surface area (Å²) < 4.78 is 19.0. The van der Waals surface area contributed by atoms with Crippen LogP contribution in [0.2, 0.25) is 0 Å². The van der Waals surface area contributed by atoms with E-state index in [0.29, 0.717) is 23.7 Å². The van der Waals surface area contributed by atoms with Crippen molar-refractivity contribution in [3.63, 3.8) is 0 Å². The number of ether oxygens (including phenoxy) is 1. The fraction of sp³-hybridized carbons (Fsp3) is 0.500. The van der Waals surface area contributed by atoms with Gasteiger partial charge >= 0.3 is 0 Å². The number of halogens is 1. The molecule has 0 aromatic heterocycles. The Bertz CT molecular complexity index is 456. The van der Waals surface area contributed by atoms with Crippen molar-refractivity contribution < 1.29 is 9.13 Å². The van der Waals surface area contributed by atoms with Crippen molar-refractivity contribution in [2.75, 3.05) is 6.61 Å². The fourth-order valence-electron chi connectivity index (χ4n) is 2.22. The van der Waals surface area contributed by atoms with Crippen LogP contribution in [0.4, 0.5) is 4.39 Å². The van der Waals surface area contributed by atoms with Crippen molar-refractivity contribution in [3.05, 3.63) is 35.1 Å². The maximum absolute atomic E-state index is 13.6. The first-order valence-corrected chi connectivity index (χ1v) is 6.22. The van der Waals surface area contributed by atoms with Gasteiger partial charge in [-0.05, 0) is 38.0 Å². The Morgan fingerprint density at radius 3 is 3.11 bits per heavy atom. The highest BCUT2D eigenvalue weighted by Gasteiger charge is 2.19. The second-order valence-electron chi connectivity index (χ2n) is 4.70. The summed E-state index contributed by atoms with van der Waals surface area (Å²) in [5.41, 5.74) is 1.04. The fourth-order valence-corrected chi connectivity index (χ4v) is 2.22. The van der Waals surface area contributed by atoms with Gasteiger partial charge in [-0.1, -0.05) is 0 Å². The third-order valence-electron chi connectivity index (χ3n) is 3.24. The zero-order valence-electron chi connectivity index (χ0n) is 10.4. The molecule has 1 aromatic carbocycles. The summed E-state index contributed by atoms with van der Waals surface area (Å²) in [6, 6.07) is 6.83. The molecule has 0 radical (unpaired) electrons. The maximum atomic E-state index is 13.6. The molecule has 0 amide bonds. The first-order chi connectivity index (χ1) is 8.69. The number of nitrogens with zero attached hydrogens (tertiary/aromatic N) is 1. The van der Waals surface area contributed by atoms with Crippen molar-refractivity contribution in [2.24, 2.45) is 0 Å². The molecule has 1 aliphatic rings. The predicted octanol–water partition coefficient (Wildman–Crippen LogP) is 2.35. The molecular weight excluding hydrogens is 231 g/mol. The molecule has 18 heavy (non-hydrogen) atoms. The monoisotopic (exact) mass is 248 g/mol. The molecule has 1 N–H and O–H groups in total. The average Bonchev–Trinajstić information content (AvgIpc) is 2.38. The lowest BCUT2D eigenvalue weighted by molar-refractivity contribution is 0.0130. The lowest BCUT2D eigenvalue weighted by Crippen LogP contribution is -2.37. The van der Waals surface area contributed by atoms with Gasteiger partial charge in [0.25, 0.3) is 0 Å². The van der Waals surface area contributed by atoms with Gasteiger partial charge in [0.2, 0.25) is 0 Å². The summed E-state index contributed by atoms with van der Waals surface area (Å²) in [6.07, 6.45) is 2.15. The molecular formula is C14H17FN2O. The number of benzene rings is 1. The van der Waals surface area contributed by atoms with Gasteiger partial charge in [0.1, 0.15) is 5.82 Å². The minimum Gasteiger partial charge on any atom is -0.378 e. The van der Waals surface area contributed by atoms with E-state index >= 15 is 0 Å². The van der Waals surface area contributed by atoms with E-state index < -0.39 is 0 Å². The van der Waals surface area contributed by atoms with Gasteiger partial charge in [0.15, 0.2) is 0 Å². The standard InChI is InChI=1S/C14H17FN2O/c1-10-6-13(4-5-18-10)17-9-12-7-11(8-16)2-3-14(12)15/h2-3,7,10,13,17H,4-6,9H2,1H3. The van der Waals surface area contributed by atoms with Crippen molar-refractivity contribution in [3.8, 4) is 6.07 Å². The van der Waals surface area contributed by atoms with Crippen molar-refractivity contribution >= 4 is 0 Å². The molecule has 1 saturated heterocycles. The van der Waals surface area contributed by atoms with E-state index in [2.05, 4.69) is 5.32 Å². The summed E-state index contributed by atoms with van der Waals surface area (Å²) in [5.74, 6) is -0.262. The molecule has 1 aliphatic heterocycles. The Labute approximate surface area is 107 Å². The first kappa shape index (κ1) is 13.0. The molecule has 96 valence electrons. The van der Waals surface area contributed by atoms with Crippen LogP contribution in [-0.2, 0) is 11.3 Å². The summed E-state index contributed by atoms with van der Waals surface area (Å²) in [4.78, 5) is 0. The smallest absolute Gasteiger partial charge is 0.127 e. The minimum atomic E-state index is -0.262. The van der Waals surface area contributed by atoms with Crippen molar-refractivity contribution in [2.45, 2.75) is 38.5 Å². The number of nitrogens with one attached hydrogen (secondary N) is 1. The third kappa shape index (κ3) is 3.28. The highest BCUT2D eigenvalue weighted by Crippen LogP contribution is 2.15. The minimum absolute atomic E-state index is 0.256. The van der Waals surface area contributed by atoms with Gasteiger partial charge in [0.05, 0.1) is 17.7 Å². The molecule has 2 unspecified atom stereocenters. The molecule has 2 atom stereocenters. The van der Waals surface area contributed by atoms with Crippen LogP contribution in [0.5, 0.6) is 0 Å². The van der Waals surface area contributed by atoms with Crippen LogP contribution >= 0.6 is 0 Å². The van der Waals surface area contributed by atoms with E-state index in [-0.39, 0.29) is 11.9 Å². The molecule has 0 bridgehead atoms. The van der Waals surface area contributed by atoms with Crippen LogP contribution in [0.3, 0.4) is 0 Å². The molecule has 0 aliphatic carbocycles. The van der Waals surface area contributed by atoms with Crippen LogP contribution in [0.1, 0.15) is 30.9 Å². The van der Waals surface area contributed by atoms with Crippen LogP contribution in [0.25, 0.3) is 0 Å². The highest BCUT2D eigenvalue weighted by molar-refractivity contribution is 5.33. The second-order valence-corrected chi connectivity index (χ2v) is 4.70. The largest absolute Gasteiger partial charge is 0.378 e. The van der Waals surface area contributed by atoms with E-state index in [1.807, 2.05) is 13.0 Å². The van der Waals surface area contributed by atoms with Gasteiger partial charge in [-0.2, -0.15) is 5.26 Å². The number of nitriles is 1. The van der Waals surface area contributed by atoms with Gasteiger partial charge in [0, 0.05) is 24.8 Å². The molecule has 0 saturated carbocycles.